The molecule has 0 saturated carbocycles. The van der Waals surface area contributed by atoms with Crippen LogP contribution >= 0.6 is 10.2 Å². The van der Waals surface area contributed by atoms with Crippen LogP contribution in [0.5, 0.6) is 11.5 Å². The minimum atomic E-state index is -9.92. The summed E-state index contributed by atoms with van der Waals surface area (Å²) in [6, 6.07) is 11.8. The van der Waals surface area contributed by atoms with Gasteiger partial charge in [-0.1, -0.05) is 0 Å². The first kappa shape index (κ1) is 28.1. The molecule has 0 aliphatic rings. The molecule has 39 heavy (non-hydrogen) atoms. The third-order valence-corrected chi connectivity index (χ3v) is 8.35. The molecule has 206 valence electrons. The number of hydrogen-bond donors (Lipinski definition) is 0. The molecule has 0 fully saturated rings. The van der Waals surface area contributed by atoms with Crippen molar-refractivity contribution in [3.8, 4) is 28.4 Å². The molecule has 4 rings (SSSR count). The van der Waals surface area contributed by atoms with E-state index in [9.17, 15) is 34.3 Å². The quantitative estimate of drug-likeness (QED) is 0.0998. The summed E-state index contributed by atoms with van der Waals surface area (Å²) in [5.74, 6) is 0.0415. The summed E-state index contributed by atoms with van der Waals surface area (Å²) in [4.78, 5) is 26.9. The first-order chi connectivity index (χ1) is 18.1. The number of amides is 1. The molecule has 3 aromatic carbocycles. The molecule has 1 aromatic heterocycles. The third kappa shape index (κ3) is 6.05. The van der Waals surface area contributed by atoms with E-state index in [0.29, 0.717) is 22.8 Å². The average Bonchev–Trinajstić information content (AvgIpc) is 3.30. The van der Waals surface area contributed by atoms with Crippen LogP contribution in [0.25, 0.3) is 16.9 Å². The van der Waals surface area contributed by atoms with Crippen LogP contribution in [-0.2, 0) is 0 Å². The monoisotopic (exact) mass is 635 g/mol. The summed E-state index contributed by atoms with van der Waals surface area (Å²) in [5, 5.41) is 10.9. The first-order valence-corrected chi connectivity index (χ1v) is 14.5. The fourth-order valence-corrected chi connectivity index (χ4v) is 6.10. The molecule has 1 amide bonds. The van der Waals surface area contributed by atoms with Crippen molar-refractivity contribution in [1.82, 2.24) is 4.57 Å². The topological polar surface area (TPSA) is 96.0 Å². The molecule has 0 bridgehead atoms. The Morgan fingerprint density at radius 1 is 0.949 bits per heavy atom. The molecular formula is C24H18F5N3O5SSe. The number of nitrogens with zero attached hydrogens (tertiary/aromatic N) is 3. The predicted octanol–water partition coefficient (Wildman–Crippen LogP) is 6.53. The predicted molar refractivity (Wildman–Crippen MR) is 136 cm³/mol. The van der Waals surface area contributed by atoms with Crippen molar-refractivity contribution in [2.24, 2.45) is 4.99 Å². The molecular weight excluding hydrogens is 616 g/mol. The zero-order valence-electron chi connectivity index (χ0n) is 20.0. The number of methoxy groups -OCH3 is 2. The number of carbonyl (C=O) groups excluding carboxylic acids is 1. The van der Waals surface area contributed by atoms with Crippen molar-refractivity contribution >= 4 is 36.3 Å². The van der Waals surface area contributed by atoms with E-state index in [1.807, 2.05) is 0 Å². The van der Waals surface area contributed by atoms with Gasteiger partial charge in [0.05, 0.1) is 0 Å². The van der Waals surface area contributed by atoms with Crippen LogP contribution in [0.4, 0.5) is 25.1 Å². The van der Waals surface area contributed by atoms with Crippen molar-refractivity contribution in [2.45, 2.75) is 4.90 Å². The third-order valence-electron chi connectivity index (χ3n) is 5.45. The second kappa shape index (κ2) is 9.36. The Bertz CT molecular complexity index is 1650. The van der Waals surface area contributed by atoms with Crippen LogP contribution < -0.4 is 13.8 Å². The normalized spacial score (nSPS) is 13.9. The molecule has 0 radical (unpaired) electrons. The number of benzene rings is 3. The van der Waals surface area contributed by atoms with Gasteiger partial charge in [-0.15, -0.1) is 0 Å². The van der Waals surface area contributed by atoms with E-state index in [2.05, 4.69) is 4.99 Å². The number of halogens is 5. The Labute approximate surface area is 223 Å². The van der Waals surface area contributed by atoms with E-state index in [-0.39, 0.29) is 33.4 Å². The van der Waals surface area contributed by atoms with E-state index in [4.69, 9.17) is 9.47 Å². The fraction of sp³-hybridized carbons (Fsp3) is 0.0833. The molecule has 0 spiro atoms. The maximum atomic E-state index is 13.3. The standard InChI is InChI=1S/C24H18F5N3O5SSe/c1-36-18-9-12-22(37-2)20(13-18)21-14-39-24(30-23(33)15-3-5-17(6-4-15)32(34)35)31(21)16-7-10-19(11-8-16)38(25,26,27,28)29/h3-14H,1-2H3. The van der Waals surface area contributed by atoms with Crippen molar-refractivity contribution < 1.29 is 38.6 Å². The van der Waals surface area contributed by atoms with Gasteiger partial charge in [-0.3, -0.25) is 0 Å². The Hall–Kier alpha value is -3.94. The number of ether oxygens (including phenoxy) is 2. The van der Waals surface area contributed by atoms with Gasteiger partial charge in [-0.2, -0.15) is 0 Å². The number of non-ortho nitro benzene ring substituents is 1. The van der Waals surface area contributed by atoms with Crippen LogP contribution in [-0.4, -0.2) is 44.1 Å². The van der Waals surface area contributed by atoms with Crippen LogP contribution in [0.3, 0.4) is 0 Å². The zero-order chi connectivity index (χ0) is 28.7. The maximum absolute atomic E-state index is 13.3. The van der Waals surface area contributed by atoms with Gasteiger partial charge in [0, 0.05) is 0 Å². The van der Waals surface area contributed by atoms with Gasteiger partial charge in [-0.25, -0.2) is 0 Å². The number of aromatic nitrogens is 1. The summed E-state index contributed by atoms with van der Waals surface area (Å²) in [5.41, 5.74) is 0.660. The van der Waals surface area contributed by atoms with Gasteiger partial charge in [0.1, 0.15) is 0 Å². The van der Waals surface area contributed by atoms with Gasteiger partial charge in [0.25, 0.3) is 0 Å². The Morgan fingerprint density at radius 3 is 2.13 bits per heavy atom. The van der Waals surface area contributed by atoms with Gasteiger partial charge in [0.15, 0.2) is 0 Å². The second-order valence-electron chi connectivity index (χ2n) is 7.99. The van der Waals surface area contributed by atoms with Crippen LogP contribution in [0.1, 0.15) is 10.4 Å². The SMILES string of the molecule is COc1ccc(OC)c(-c2c[se]c(=NC(=O)c3ccc([N+](=O)[O-])cc3)n2-c2ccc(S(F)(F)(F)(F)F)cc2)c1. The number of hydrogen-bond acceptors (Lipinski definition) is 5. The second-order valence-corrected chi connectivity index (χ2v) is 12.2. The molecule has 4 aromatic rings. The summed E-state index contributed by atoms with van der Waals surface area (Å²) >= 11 is -0.640. The van der Waals surface area contributed by atoms with Gasteiger partial charge >= 0.3 is 224 Å². The number of rotatable bonds is 7. The van der Waals surface area contributed by atoms with E-state index < -0.39 is 40.5 Å². The number of carbonyl (C=O) groups is 1. The van der Waals surface area contributed by atoms with Crippen LogP contribution in [0, 0.1) is 10.1 Å². The van der Waals surface area contributed by atoms with Crippen molar-refractivity contribution in [2.75, 3.05) is 14.2 Å². The van der Waals surface area contributed by atoms with Gasteiger partial charge in [-0.05, 0) is 0 Å². The van der Waals surface area contributed by atoms with E-state index >= 15 is 0 Å². The van der Waals surface area contributed by atoms with Crippen molar-refractivity contribution in [3.63, 3.8) is 0 Å². The van der Waals surface area contributed by atoms with Gasteiger partial charge in [0.2, 0.25) is 0 Å². The Morgan fingerprint density at radius 2 is 1.59 bits per heavy atom. The minimum absolute atomic E-state index is 0.0337. The fourth-order valence-electron chi connectivity index (χ4n) is 3.57. The molecule has 0 unspecified atom stereocenters. The van der Waals surface area contributed by atoms with E-state index in [0.717, 1.165) is 24.3 Å². The number of nitro groups is 1. The van der Waals surface area contributed by atoms with E-state index in [1.54, 1.807) is 23.1 Å². The van der Waals surface area contributed by atoms with Crippen LogP contribution in [0.2, 0.25) is 0 Å². The molecule has 0 atom stereocenters. The Balaban J connectivity index is 1.93. The van der Waals surface area contributed by atoms with Crippen LogP contribution in [0.15, 0.2) is 81.6 Å². The molecule has 0 saturated heterocycles. The summed E-state index contributed by atoms with van der Waals surface area (Å²) in [6.45, 7) is 0. The molecule has 0 aliphatic carbocycles. The summed E-state index contributed by atoms with van der Waals surface area (Å²) in [6.07, 6.45) is 0. The van der Waals surface area contributed by atoms with Gasteiger partial charge < -0.3 is 0 Å². The molecule has 8 nitrogen and oxygen atoms in total. The summed E-state index contributed by atoms with van der Waals surface area (Å²) < 4.78 is 78.9. The number of nitro benzene ring substituents is 1. The molecule has 15 heteroatoms. The zero-order valence-corrected chi connectivity index (χ0v) is 22.5. The average molecular weight is 634 g/mol. The molecule has 0 N–H and O–H groups in total. The summed E-state index contributed by atoms with van der Waals surface area (Å²) in [7, 11) is -7.08. The molecule has 0 aliphatic heterocycles. The first-order valence-electron chi connectivity index (χ1n) is 10.7. The van der Waals surface area contributed by atoms with Crippen molar-refractivity contribution in [3.05, 3.63) is 91.7 Å². The molecule has 1 heterocycles. The van der Waals surface area contributed by atoms with E-state index in [1.165, 1.54) is 30.9 Å². The Kier molecular flexibility index (Phi) is 6.74. The van der Waals surface area contributed by atoms with Crippen molar-refractivity contribution in [1.29, 1.82) is 0 Å².